The molecule has 1 heterocycles. The maximum Gasteiger partial charge on any atom is 0.169 e. The highest BCUT2D eigenvalue weighted by Gasteiger charge is 2.18. The van der Waals surface area contributed by atoms with Crippen LogP contribution in [0.2, 0.25) is 0 Å². The molecule has 0 fully saturated rings. The smallest absolute Gasteiger partial charge is 0.169 e. The Hall–Kier alpha value is -2.56. The zero-order chi connectivity index (χ0) is 15.4. The molecule has 0 bridgehead atoms. The average Bonchev–Trinajstić information content (AvgIpc) is 2.53. The maximum absolute atomic E-state index is 12.7. The van der Waals surface area contributed by atoms with Crippen molar-refractivity contribution in [2.24, 2.45) is 0 Å². The van der Waals surface area contributed by atoms with Gasteiger partial charge in [0, 0.05) is 12.5 Å². The minimum absolute atomic E-state index is 0.0902. The second-order valence-electron chi connectivity index (χ2n) is 4.83. The third kappa shape index (κ3) is 3.36. The van der Waals surface area contributed by atoms with Gasteiger partial charge in [0.05, 0.1) is 12.2 Å². The zero-order valence-corrected chi connectivity index (χ0v) is 11.9. The summed E-state index contributed by atoms with van der Waals surface area (Å²) >= 11 is 0. The molecule has 0 spiro atoms. The molecule has 4 nitrogen and oxygen atoms in total. The third-order valence-electron chi connectivity index (χ3n) is 3.27. The van der Waals surface area contributed by atoms with Crippen LogP contribution in [0.25, 0.3) is 0 Å². The number of benzene rings is 2. The lowest BCUT2D eigenvalue weighted by molar-refractivity contribution is 0.0933. The molecule has 1 aliphatic rings. The number of Topliss-reactive ketones (excluding diaryl/α,β-unsaturated/α-hetero) is 1. The van der Waals surface area contributed by atoms with Crippen molar-refractivity contribution >= 4 is 5.78 Å². The lowest BCUT2D eigenvalue weighted by atomic mass is 10.1. The molecule has 0 atom stereocenters. The van der Waals surface area contributed by atoms with Gasteiger partial charge >= 0.3 is 0 Å². The fourth-order valence-corrected chi connectivity index (χ4v) is 2.18. The number of ether oxygens (including phenoxy) is 3. The molecule has 0 saturated heterocycles. The number of carbonyl (C=O) groups is 1. The highest BCUT2D eigenvalue weighted by atomic mass is 19.1. The molecule has 1 aliphatic heterocycles. The number of hydrogen-bond donors (Lipinski definition) is 0. The van der Waals surface area contributed by atoms with Crippen molar-refractivity contribution in [1.82, 2.24) is 0 Å². The summed E-state index contributed by atoms with van der Waals surface area (Å²) < 4.78 is 29.2. The lowest BCUT2D eigenvalue weighted by Crippen LogP contribution is -2.15. The van der Waals surface area contributed by atoms with Crippen molar-refractivity contribution in [2.45, 2.75) is 6.42 Å². The molecular formula is C17H15FO4. The van der Waals surface area contributed by atoms with Crippen molar-refractivity contribution < 1.29 is 23.4 Å². The van der Waals surface area contributed by atoms with Crippen LogP contribution in [0.3, 0.4) is 0 Å². The summed E-state index contributed by atoms with van der Waals surface area (Å²) in [5.41, 5.74) is 0.598. The van der Waals surface area contributed by atoms with Gasteiger partial charge in [-0.15, -0.1) is 0 Å². The normalized spacial score (nSPS) is 13.2. The Bertz CT molecular complexity index is 667. The van der Waals surface area contributed by atoms with Crippen molar-refractivity contribution in [3.63, 3.8) is 0 Å². The van der Waals surface area contributed by atoms with E-state index in [-0.39, 0.29) is 11.6 Å². The molecule has 2 aromatic carbocycles. The Morgan fingerprint density at radius 3 is 2.45 bits per heavy atom. The second-order valence-corrected chi connectivity index (χ2v) is 4.83. The number of fused-ring (bicyclic) bond motifs is 1. The van der Waals surface area contributed by atoms with Gasteiger partial charge in [0.25, 0.3) is 0 Å². The van der Waals surface area contributed by atoms with Gasteiger partial charge in [-0.05, 0) is 36.4 Å². The van der Waals surface area contributed by atoms with Gasteiger partial charge in [-0.25, -0.2) is 4.39 Å². The third-order valence-corrected chi connectivity index (χ3v) is 3.27. The molecule has 2 aromatic rings. The van der Waals surface area contributed by atoms with Gasteiger partial charge in [0.1, 0.15) is 36.3 Å². The van der Waals surface area contributed by atoms with Crippen LogP contribution in [-0.4, -0.2) is 25.6 Å². The van der Waals surface area contributed by atoms with Crippen molar-refractivity contribution in [2.75, 3.05) is 19.8 Å². The van der Waals surface area contributed by atoms with E-state index in [9.17, 15) is 9.18 Å². The standard InChI is InChI=1S/C17H15FO4/c18-12-1-3-13(4-2-12)20-9-10-21-14-5-6-15-16(19)7-8-22-17(15)11-14/h1-6,11H,7-10H2. The molecule has 0 saturated carbocycles. The van der Waals surface area contributed by atoms with Gasteiger partial charge in [0.2, 0.25) is 0 Å². The molecule has 0 amide bonds. The Kier molecular flexibility index (Phi) is 4.23. The predicted molar refractivity (Wildman–Crippen MR) is 78.3 cm³/mol. The minimum Gasteiger partial charge on any atom is -0.492 e. The fourth-order valence-electron chi connectivity index (χ4n) is 2.18. The van der Waals surface area contributed by atoms with Crippen molar-refractivity contribution in [3.8, 4) is 17.2 Å². The van der Waals surface area contributed by atoms with Gasteiger partial charge in [-0.1, -0.05) is 0 Å². The van der Waals surface area contributed by atoms with Crippen molar-refractivity contribution in [1.29, 1.82) is 0 Å². The topological polar surface area (TPSA) is 44.8 Å². The maximum atomic E-state index is 12.7. The Morgan fingerprint density at radius 2 is 1.68 bits per heavy atom. The van der Waals surface area contributed by atoms with Gasteiger partial charge in [0.15, 0.2) is 5.78 Å². The van der Waals surface area contributed by atoms with E-state index in [1.165, 1.54) is 12.1 Å². The summed E-state index contributed by atoms with van der Waals surface area (Å²) in [6.07, 6.45) is 0.415. The first-order chi connectivity index (χ1) is 10.7. The van der Waals surface area contributed by atoms with Crippen LogP contribution in [0.4, 0.5) is 4.39 Å². The largest absolute Gasteiger partial charge is 0.492 e. The Labute approximate surface area is 127 Å². The molecule has 22 heavy (non-hydrogen) atoms. The number of halogens is 1. The highest BCUT2D eigenvalue weighted by Crippen LogP contribution is 2.29. The highest BCUT2D eigenvalue weighted by molar-refractivity contribution is 5.99. The molecule has 5 heteroatoms. The van der Waals surface area contributed by atoms with Gasteiger partial charge < -0.3 is 14.2 Å². The van der Waals surface area contributed by atoms with Crippen LogP contribution in [0.15, 0.2) is 42.5 Å². The van der Waals surface area contributed by atoms with Crippen LogP contribution < -0.4 is 14.2 Å². The number of ketones is 1. The summed E-state index contributed by atoms with van der Waals surface area (Å²) in [4.78, 5) is 11.7. The van der Waals surface area contributed by atoms with Gasteiger partial charge in [-0.3, -0.25) is 4.79 Å². The zero-order valence-electron chi connectivity index (χ0n) is 11.9. The van der Waals surface area contributed by atoms with E-state index in [4.69, 9.17) is 14.2 Å². The first kappa shape index (κ1) is 14.4. The van der Waals surface area contributed by atoms with Crippen molar-refractivity contribution in [3.05, 3.63) is 53.8 Å². The molecule has 0 N–H and O–H groups in total. The average molecular weight is 302 g/mol. The molecule has 0 unspecified atom stereocenters. The number of hydrogen-bond acceptors (Lipinski definition) is 4. The molecular weight excluding hydrogens is 287 g/mol. The second kappa shape index (κ2) is 6.47. The Balaban J connectivity index is 1.51. The lowest BCUT2D eigenvalue weighted by Gasteiger charge is -2.17. The molecule has 3 rings (SSSR count). The van der Waals surface area contributed by atoms with E-state index >= 15 is 0 Å². The van der Waals surface area contributed by atoms with E-state index < -0.39 is 0 Å². The molecule has 114 valence electrons. The summed E-state index contributed by atoms with van der Waals surface area (Å²) in [6, 6.07) is 11.0. The SMILES string of the molecule is O=C1CCOc2cc(OCCOc3ccc(F)cc3)ccc21. The monoisotopic (exact) mass is 302 g/mol. The fraction of sp³-hybridized carbons (Fsp3) is 0.235. The quantitative estimate of drug-likeness (QED) is 0.795. The van der Waals surface area contributed by atoms with Crippen LogP contribution in [0, 0.1) is 5.82 Å². The van der Waals surface area contributed by atoms with Crippen LogP contribution in [0.1, 0.15) is 16.8 Å². The Morgan fingerprint density at radius 1 is 1.00 bits per heavy atom. The summed E-state index contributed by atoms with van der Waals surface area (Å²) in [5.74, 6) is 1.56. The number of rotatable bonds is 5. The van der Waals surface area contributed by atoms with E-state index in [2.05, 4.69) is 0 Å². The van der Waals surface area contributed by atoms with Crippen LogP contribution >= 0.6 is 0 Å². The molecule has 0 aromatic heterocycles. The van der Waals surface area contributed by atoms with Gasteiger partial charge in [-0.2, -0.15) is 0 Å². The minimum atomic E-state index is -0.299. The van der Waals surface area contributed by atoms with E-state index in [1.54, 1.807) is 30.3 Å². The summed E-state index contributed by atoms with van der Waals surface area (Å²) in [6.45, 7) is 1.08. The van der Waals surface area contributed by atoms with E-state index in [0.29, 0.717) is 49.1 Å². The molecule has 0 aliphatic carbocycles. The summed E-state index contributed by atoms with van der Waals surface area (Å²) in [5, 5.41) is 0. The van der Waals surface area contributed by atoms with E-state index in [1.807, 2.05) is 0 Å². The first-order valence-corrected chi connectivity index (χ1v) is 7.03. The number of carbonyl (C=O) groups excluding carboxylic acids is 1. The predicted octanol–water partition coefficient (Wildman–Crippen LogP) is 3.25. The van der Waals surface area contributed by atoms with E-state index in [0.717, 1.165) is 0 Å². The molecule has 0 radical (unpaired) electrons. The van der Waals surface area contributed by atoms with Crippen LogP contribution in [-0.2, 0) is 0 Å². The first-order valence-electron chi connectivity index (χ1n) is 7.03. The summed E-state index contributed by atoms with van der Waals surface area (Å²) in [7, 11) is 0. The van der Waals surface area contributed by atoms with Crippen LogP contribution in [0.5, 0.6) is 17.2 Å².